The van der Waals surface area contributed by atoms with Crippen molar-refractivity contribution in [3.05, 3.63) is 50.8 Å². The number of benzene rings is 1. The Morgan fingerprint density at radius 3 is 2.56 bits per heavy atom. The highest BCUT2D eigenvalue weighted by atomic mass is 35.5. The molecule has 0 saturated carbocycles. The molecule has 0 spiro atoms. The Hall–Kier alpha value is -1.72. The van der Waals surface area contributed by atoms with Crippen molar-refractivity contribution in [2.75, 3.05) is 6.54 Å². The van der Waals surface area contributed by atoms with E-state index in [1.54, 1.807) is 0 Å². The van der Waals surface area contributed by atoms with Gasteiger partial charge >= 0.3 is 0 Å². The number of hydrogen-bond donors (Lipinski definition) is 2. The maximum absolute atomic E-state index is 6.12. The molecule has 2 N–H and O–H groups in total. The molecule has 1 unspecified atom stereocenters. The molecule has 0 saturated heterocycles. The average Bonchev–Trinajstić information content (AvgIpc) is 2.80. The van der Waals surface area contributed by atoms with Gasteiger partial charge in [0.25, 0.3) is 0 Å². The summed E-state index contributed by atoms with van der Waals surface area (Å²) in [6, 6.07) is 5.69. The second-order valence-corrected chi connectivity index (χ2v) is 6.82. The zero-order chi connectivity index (χ0) is 18.6. The summed E-state index contributed by atoms with van der Waals surface area (Å²) in [7, 11) is 1.95. The lowest BCUT2D eigenvalue weighted by molar-refractivity contribution is 0.686. The topological polar surface area (TPSA) is 54.2 Å². The lowest BCUT2D eigenvalue weighted by atomic mass is 10.1. The van der Waals surface area contributed by atoms with Crippen LogP contribution in [0.1, 0.15) is 42.4 Å². The molecule has 2 rings (SSSR count). The van der Waals surface area contributed by atoms with Gasteiger partial charge < -0.3 is 10.6 Å². The first-order valence-corrected chi connectivity index (χ1v) is 9.08. The van der Waals surface area contributed by atoms with E-state index in [0.29, 0.717) is 16.6 Å². The van der Waals surface area contributed by atoms with Crippen LogP contribution in [0.15, 0.2) is 23.2 Å². The van der Waals surface area contributed by atoms with Crippen LogP contribution in [0.2, 0.25) is 10.0 Å². The molecule has 0 aliphatic carbocycles. The van der Waals surface area contributed by atoms with E-state index in [2.05, 4.69) is 29.6 Å². The third kappa shape index (κ3) is 4.89. The molecule has 7 heteroatoms. The number of aromatic nitrogens is 2. The van der Waals surface area contributed by atoms with Gasteiger partial charge in [-0.3, -0.25) is 4.68 Å². The summed E-state index contributed by atoms with van der Waals surface area (Å²) >= 11 is 12.1. The number of halogens is 2. The van der Waals surface area contributed by atoms with Crippen molar-refractivity contribution < 1.29 is 0 Å². The van der Waals surface area contributed by atoms with Crippen LogP contribution in [-0.4, -0.2) is 22.3 Å². The van der Waals surface area contributed by atoms with Crippen molar-refractivity contribution in [1.82, 2.24) is 20.4 Å². The molecule has 0 bridgehead atoms. The highest BCUT2D eigenvalue weighted by Crippen LogP contribution is 2.25. The van der Waals surface area contributed by atoms with E-state index in [1.807, 2.05) is 43.8 Å². The normalized spacial score (nSPS) is 13.0. The zero-order valence-electron chi connectivity index (χ0n) is 15.3. The molecule has 1 atom stereocenters. The maximum atomic E-state index is 6.12. The Morgan fingerprint density at radius 1 is 1.28 bits per heavy atom. The highest BCUT2D eigenvalue weighted by Gasteiger charge is 2.12. The second-order valence-electron chi connectivity index (χ2n) is 6.01. The molecule has 1 aromatic heterocycles. The van der Waals surface area contributed by atoms with E-state index < -0.39 is 0 Å². The van der Waals surface area contributed by atoms with Crippen molar-refractivity contribution in [2.24, 2.45) is 12.0 Å². The SMILES string of the molecule is CCNC(=NCc1c(C)nn(C)c1C)NC(C)c1ccc(Cl)c(Cl)c1. The van der Waals surface area contributed by atoms with Gasteiger partial charge in [-0.15, -0.1) is 0 Å². The van der Waals surface area contributed by atoms with Gasteiger partial charge in [0.2, 0.25) is 0 Å². The van der Waals surface area contributed by atoms with E-state index >= 15 is 0 Å². The van der Waals surface area contributed by atoms with Gasteiger partial charge in [0.1, 0.15) is 0 Å². The molecule has 136 valence electrons. The number of guanidine groups is 1. The van der Waals surface area contributed by atoms with Crippen LogP contribution < -0.4 is 10.6 Å². The number of nitrogens with zero attached hydrogens (tertiary/aromatic N) is 3. The summed E-state index contributed by atoms with van der Waals surface area (Å²) < 4.78 is 1.89. The summed E-state index contributed by atoms with van der Waals surface area (Å²) in [4.78, 5) is 4.71. The fourth-order valence-electron chi connectivity index (χ4n) is 2.59. The number of rotatable bonds is 5. The van der Waals surface area contributed by atoms with Gasteiger partial charge in [-0.2, -0.15) is 5.10 Å². The Kier molecular flexibility index (Phi) is 6.73. The van der Waals surface area contributed by atoms with Crippen molar-refractivity contribution in [1.29, 1.82) is 0 Å². The zero-order valence-corrected chi connectivity index (χ0v) is 16.8. The fourth-order valence-corrected chi connectivity index (χ4v) is 2.90. The van der Waals surface area contributed by atoms with E-state index in [-0.39, 0.29) is 6.04 Å². The third-order valence-corrected chi connectivity index (χ3v) is 4.93. The predicted octanol–water partition coefficient (Wildman–Crippen LogP) is 4.16. The average molecular weight is 382 g/mol. The largest absolute Gasteiger partial charge is 0.357 e. The Balaban J connectivity index is 2.15. The van der Waals surface area contributed by atoms with Crippen LogP contribution in [0.25, 0.3) is 0 Å². The summed E-state index contributed by atoms with van der Waals surface area (Å²) in [5.74, 6) is 0.753. The smallest absolute Gasteiger partial charge is 0.192 e. The molecular weight excluding hydrogens is 357 g/mol. The lowest BCUT2D eigenvalue weighted by Gasteiger charge is -2.18. The lowest BCUT2D eigenvalue weighted by Crippen LogP contribution is -2.38. The van der Waals surface area contributed by atoms with Gasteiger partial charge in [-0.05, 0) is 45.4 Å². The van der Waals surface area contributed by atoms with Gasteiger partial charge in [-0.25, -0.2) is 4.99 Å². The molecule has 2 aromatic rings. The predicted molar refractivity (Wildman–Crippen MR) is 106 cm³/mol. The molecule has 25 heavy (non-hydrogen) atoms. The van der Waals surface area contributed by atoms with Crippen LogP contribution in [0.3, 0.4) is 0 Å². The van der Waals surface area contributed by atoms with Crippen LogP contribution in [0.5, 0.6) is 0 Å². The molecule has 0 aliphatic heterocycles. The first-order chi connectivity index (χ1) is 11.8. The second kappa shape index (κ2) is 8.59. The highest BCUT2D eigenvalue weighted by molar-refractivity contribution is 6.42. The number of aryl methyl sites for hydroxylation is 2. The summed E-state index contributed by atoms with van der Waals surface area (Å²) in [6.07, 6.45) is 0. The van der Waals surface area contributed by atoms with Crippen molar-refractivity contribution in [3.63, 3.8) is 0 Å². The van der Waals surface area contributed by atoms with Crippen LogP contribution >= 0.6 is 23.2 Å². The third-order valence-electron chi connectivity index (χ3n) is 4.20. The molecule has 1 aromatic carbocycles. The summed E-state index contributed by atoms with van der Waals surface area (Å²) in [6.45, 7) is 9.54. The molecule has 0 aliphatic rings. The Bertz CT molecular complexity index is 767. The first-order valence-electron chi connectivity index (χ1n) is 8.32. The number of hydrogen-bond acceptors (Lipinski definition) is 2. The minimum absolute atomic E-state index is 0.0451. The number of nitrogens with one attached hydrogen (secondary N) is 2. The van der Waals surface area contributed by atoms with Gasteiger partial charge in [0.05, 0.1) is 28.3 Å². The van der Waals surface area contributed by atoms with E-state index in [9.17, 15) is 0 Å². The molecule has 0 radical (unpaired) electrons. The van der Waals surface area contributed by atoms with Crippen molar-refractivity contribution in [3.8, 4) is 0 Å². The monoisotopic (exact) mass is 381 g/mol. The fraction of sp³-hybridized carbons (Fsp3) is 0.444. The van der Waals surface area contributed by atoms with E-state index in [0.717, 1.165) is 35.0 Å². The summed E-state index contributed by atoms with van der Waals surface area (Å²) in [5, 5.41) is 12.2. The molecule has 0 fully saturated rings. The maximum Gasteiger partial charge on any atom is 0.192 e. The Morgan fingerprint density at radius 2 is 2.00 bits per heavy atom. The van der Waals surface area contributed by atoms with E-state index in [4.69, 9.17) is 28.2 Å². The molecule has 1 heterocycles. The van der Waals surface area contributed by atoms with Gasteiger partial charge in [-0.1, -0.05) is 29.3 Å². The van der Waals surface area contributed by atoms with Gasteiger partial charge in [0, 0.05) is 24.8 Å². The van der Waals surface area contributed by atoms with Crippen molar-refractivity contribution >= 4 is 29.2 Å². The minimum atomic E-state index is 0.0451. The molecule has 5 nitrogen and oxygen atoms in total. The van der Waals surface area contributed by atoms with Crippen LogP contribution in [-0.2, 0) is 13.6 Å². The van der Waals surface area contributed by atoms with Gasteiger partial charge in [0.15, 0.2) is 5.96 Å². The standard InChI is InChI=1S/C18H25Cl2N5/c1-6-21-18(22-10-15-12(3)24-25(5)13(15)4)23-11(2)14-7-8-16(19)17(20)9-14/h7-9,11H,6,10H2,1-5H3,(H2,21,22,23). The van der Waals surface area contributed by atoms with E-state index in [1.165, 1.54) is 0 Å². The van der Waals surface area contributed by atoms with Crippen LogP contribution in [0.4, 0.5) is 0 Å². The quantitative estimate of drug-likeness (QED) is 0.603. The first kappa shape index (κ1) is 19.6. The Labute approximate surface area is 159 Å². The molecule has 0 amide bonds. The number of aliphatic imine (C=N–C) groups is 1. The minimum Gasteiger partial charge on any atom is -0.357 e. The summed E-state index contributed by atoms with van der Waals surface area (Å²) in [5.41, 5.74) is 4.35. The molecular formula is C18H25Cl2N5. The van der Waals surface area contributed by atoms with Crippen molar-refractivity contribution in [2.45, 2.75) is 40.3 Å². The van der Waals surface area contributed by atoms with Crippen LogP contribution in [0, 0.1) is 13.8 Å².